The summed E-state index contributed by atoms with van der Waals surface area (Å²) in [6.45, 7) is 3.95. The Balaban J connectivity index is 1.54. The molecule has 3 rings (SSSR count). The molecule has 2 atom stereocenters. The van der Waals surface area contributed by atoms with Gasteiger partial charge in [-0.25, -0.2) is 13.2 Å². The topological polar surface area (TPSA) is 88.2 Å². The van der Waals surface area contributed by atoms with Crippen LogP contribution in [0.1, 0.15) is 19.8 Å². The second-order valence-electron chi connectivity index (χ2n) is 6.86. The van der Waals surface area contributed by atoms with E-state index in [2.05, 4.69) is 5.32 Å². The molecule has 2 aliphatic heterocycles. The number of nitrogens with one attached hydrogen (secondary N) is 1. The van der Waals surface area contributed by atoms with Crippen LogP contribution in [0.2, 0.25) is 0 Å². The van der Waals surface area contributed by atoms with Crippen molar-refractivity contribution in [1.29, 1.82) is 0 Å². The molecule has 0 aromatic heterocycles. The highest BCUT2D eigenvalue weighted by Crippen LogP contribution is 2.21. The minimum Gasteiger partial charge on any atom is -0.497 e. The van der Waals surface area contributed by atoms with Crippen LogP contribution in [-0.4, -0.2) is 75.7 Å². The third kappa shape index (κ3) is 4.53. The van der Waals surface area contributed by atoms with Gasteiger partial charge in [-0.2, -0.15) is 4.31 Å². The first-order valence-electron chi connectivity index (χ1n) is 9.23. The molecule has 2 heterocycles. The van der Waals surface area contributed by atoms with Crippen molar-refractivity contribution in [2.45, 2.75) is 36.8 Å². The van der Waals surface area contributed by atoms with Gasteiger partial charge in [0.2, 0.25) is 10.0 Å². The molecule has 2 amide bonds. The number of nitrogens with zero attached hydrogens (tertiary/aromatic N) is 2. The molecule has 0 aliphatic carbocycles. The maximum Gasteiger partial charge on any atom is 0.317 e. The summed E-state index contributed by atoms with van der Waals surface area (Å²) >= 11 is 0. The van der Waals surface area contributed by atoms with Crippen molar-refractivity contribution in [3.8, 4) is 5.75 Å². The zero-order valence-electron chi connectivity index (χ0n) is 15.8. The average Bonchev–Trinajstić information content (AvgIpc) is 3.23. The number of methoxy groups -OCH3 is 1. The van der Waals surface area contributed by atoms with Crippen LogP contribution in [0.3, 0.4) is 0 Å². The summed E-state index contributed by atoms with van der Waals surface area (Å²) in [4.78, 5) is 14.3. The highest BCUT2D eigenvalue weighted by Gasteiger charge is 2.31. The van der Waals surface area contributed by atoms with Crippen LogP contribution in [0.15, 0.2) is 29.2 Å². The SMILES string of the molecule is COc1ccc(S(=O)(=O)N2CCN(C(=O)NC(C)C3CCCO3)CC2)cc1. The van der Waals surface area contributed by atoms with Gasteiger partial charge in [0.1, 0.15) is 5.75 Å². The van der Waals surface area contributed by atoms with Gasteiger partial charge in [-0.15, -0.1) is 0 Å². The molecular formula is C18H27N3O5S. The monoisotopic (exact) mass is 397 g/mol. The van der Waals surface area contributed by atoms with Crippen molar-refractivity contribution in [1.82, 2.24) is 14.5 Å². The number of piperazine rings is 1. The van der Waals surface area contributed by atoms with Crippen LogP contribution in [0, 0.1) is 0 Å². The van der Waals surface area contributed by atoms with Crippen molar-refractivity contribution < 1.29 is 22.7 Å². The predicted octanol–water partition coefficient (Wildman–Crippen LogP) is 1.28. The molecule has 1 N–H and O–H groups in total. The fourth-order valence-corrected chi connectivity index (χ4v) is 4.83. The minimum absolute atomic E-state index is 0.0546. The standard InChI is InChI=1S/C18H27N3O5S/c1-14(17-4-3-13-26-17)19-18(22)20-9-11-21(12-10-20)27(23,24)16-7-5-15(25-2)6-8-16/h5-8,14,17H,3-4,9-13H2,1-2H3,(H,19,22). The van der Waals surface area contributed by atoms with Gasteiger partial charge >= 0.3 is 6.03 Å². The molecule has 9 heteroatoms. The predicted molar refractivity (Wildman–Crippen MR) is 100 cm³/mol. The molecule has 0 radical (unpaired) electrons. The highest BCUT2D eigenvalue weighted by molar-refractivity contribution is 7.89. The van der Waals surface area contributed by atoms with Crippen LogP contribution in [-0.2, 0) is 14.8 Å². The van der Waals surface area contributed by atoms with Crippen LogP contribution in [0.5, 0.6) is 5.75 Å². The van der Waals surface area contributed by atoms with Gasteiger partial charge in [-0.1, -0.05) is 0 Å². The Labute approximate surface area is 160 Å². The van der Waals surface area contributed by atoms with Crippen LogP contribution < -0.4 is 10.1 Å². The fourth-order valence-electron chi connectivity index (χ4n) is 3.40. The lowest BCUT2D eigenvalue weighted by Gasteiger charge is -2.35. The minimum atomic E-state index is -3.57. The summed E-state index contributed by atoms with van der Waals surface area (Å²) in [5.41, 5.74) is 0. The molecule has 8 nitrogen and oxygen atoms in total. The second-order valence-corrected chi connectivity index (χ2v) is 8.79. The van der Waals surface area contributed by atoms with E-state index >= 15 is 0 Å². The summed E-state index contributed by atoms with van der Waals surface area (Å²) in [5.74, 6) is 0.607. The first kappa shape index (κ1) is 19.9. The Bertz CT molecular complexity index is 739. The average molecular weight is 397 g/mol. The summed E-state index contributed by atoms with van der Waals surface area (Å²) in [6.07, 6.45) is 2.04. The van der Waals surface area contributed by atoms with Crippen molar-refractivity contribution in [2.24, 2.45) is 0 Å². The third-order valence-corrected chi connectivity index (χ3v) is 7.01. The molecule has 1 aromatic carbocycles. The van der Waals surface area contributed by atoms with Gasteiger partial charge in [0.05, 0.1) is 24.2 Å². The number of carbonyl (C=O) groups excluding carboxylic acids is 1. The quantitative estimate of drug-likeness (QED) is 0.809. The Morgan fingerprint density at radius 3 is 2.44 bits per heavy atom. The molecule has 150 valence electrons. The highest BCUT2D eigenvalue weighted by atomic mass is 32.2. The van der Waals surface area contributed by atoms with E-state index in [1.165, 1.54) is 23.5 Å². The zero-order valence-corrected chi connectivity index (χ0v) is 16.6. The lowest BCUT2D eigenvalue weighted by Crippen LogP contribution is -2.55. The number of carbonyl (C=O) groups is 1. The van der Waals surface area contributed by atoms with Crippen molar-refractivity contribution in [3.63, 3.8) is 0 Å². The molecule has 2 unspecified atom stereocenters. The number of urea groups is 1. The van der Waals surface area contributed by atoms with Gasteiger partial charge < -0.3 is 19.7 Å². The number of hydrogen-bond donors (Lipinski definition) is 1. The molecule has 0 bridgehead atoms. The molecule has 1 aromatic rings. The first-order chi connectivity index (χ1) is 12.9. The van der Waals surface area contributed by atoms with Crippen molar-refractivity contribution in [2.75, 3.05) is 39.9 Å². The lowest BCUT2D eigenvalue weighted by atomic mass is 10.1. The number of ether oxygens (including phenoxy) is 2. The Morgan fingerprint density at radius 1 is 1.22 bits per heavy atom. The zero-order chi connectivity index (χ0) is 19.4. The second kappa shape index (κ2) is 8.45. The molecule has 2 saturated heterocycles. The molecule has 27 heavy (non-hydrogen) atoms. The van der Waals surface area contributed by atoms with Gasteiger partial charge in [0, 0.05) is 32.8 Å². The normalized spacial score (nSPS) is 22.4. The van der Waals surface area contributed by atoms with Gasteiger partial charge in [-0.3, -0.25) is 0 Å². The smallest absolute Gasteiger partial charge is 0.317 e. The van der Waals surface area contributed by atoms with E-state index in [9.17, 15) is 13.2 Å². The Hall–Kier alpha value is -1.84. The maximum atomic E-state index is 12.8. The van der Waals surface area contributed by atoms with Gasteiger partial charge in [0.25, 0.3) is 0 Å². The van der Waals surface area contributed by atoms with Crippen LogP contribution in [0.25, 0.3) is 0 Å². The van der Waals surface area contributed by atoms with Crippen LogP contribution in [0.4, 0.5) is 4.79 Å². The maximum absolute atomic E-state index is 12.8. The first-order valence-corrected chi connectivity index (χ1v) is 10.7. The third-order valence-electron chi connectivity index (χ3n) is 5.10. The van der Waals surface area contributed by atoms with Gasteiger partial charge in [-0.05, 0) is 44.0 Å². The summed E-state index contributed by atoms with van der Waals surface area (Å²) in [5, 5.41) is 2.97. The van der Waals surface area contributed by atoms with E-state index in [0.29, 0.717) is 18.8 Å². The molecular weight excluding hydrogens is 370 g/mol. The van der Waals surface area contributed by atoms with E-state index in [-0.39, 0.29) is 36.2 Å². The number of hydrogen-bond acceptors (Lipinski definition) is 5. The summed E-state index contributed by atoms with van der Waals surface area (Å²) in [6, 6.07) is 6.11. The van der Waals surface area contributed by atoms with Crippen LogP contribution >= 0.6 is 0 Å². The van der Waals surface area contributed by atoms with Crippen molar-refractivity contribution >= 4 is 16.1 Å². The van der Waals surface area contributed by atoms with Gasteiger partial charge in [0.15, 0.2) is 0 Å². The summed E-state index contributed by atoms with van der Waals surface area (Å²) in [7, 11) is -2.04. The Kier molecular flexibility index (Phi) is 6.23. The molecule has 2 fully saturated rings. The largest absolute Gasteiger partial charge is 0.497 e. The fraction of sp³-hybridized carbons (Fsp3) is 0.611. The molecule has 0 saturated carbocycles. The number of benzene rings is 1. The number of rotatable bonds is 5. The van der Waals surface area contributed by atoms with Crippen molar-refractivity contribution in [3.05, 3.63) is 24.3 Å². The number of amides is 2. The molecule has 2 aliphatic rings. The Morgan fingerprint density at radius 2 is 1.89 bits per heavy atom. The summed E-state index contributed by atoms with van der Waals surface area (Å²) < 4.78 is 37.6. The number of sulfonamides is 1. The van der Waals surface area contributed by atoms with E-state index in [4.69, 9.17) is 9.47 Å². The molecule has 0 spiro atoms. The lowest BCUT2D eigenvalue weighted by molar-refractivity contribution is 0.0821. The van der Waals surface area contributed by atoms with E-state index in [1.54, 1.807) is 17.0 Å². The van der Waals surface area contributed by atoms with E-state index in [0.717, 1.165) is 19.4 Å². The van der Waals surface area contributed by atoms with E-state index < -0.39 is 10.0 Å². The van der Waals surface area contributed by atoms with E-state index in [1.807, 2.05) is 6.92 Å².